The molecule has 0 aliphatic carbocycles. The fraction of sp³-hybridized carbons (Fsp3) is 0.667. The zero-order chi connectivity index (χ0) is 14.9. The summed E-state index contributed by atoms with van der Waals surface area (Å²) in [6.45, 7) is 8.26. The first kappa shape index (κ1) is 14.8. The normalized spacial score (nSPS) is 20.0. The van der Waals surface area contributed by atoms with Crippen LogP contribution in [0.1, 0.15) is 47.0 Å². The number of rotatable bonds is 2. The predicted octanol–water partition coefficient (Wildman–Crippen LogP) is 1.95. The van der Waals surface area contributed by atoms with E-state index in [1.807, 2.05) is 25.7 Å². The van der Waals surface area contributed by atoms with Crippen molar-refractivity contribution in [3.63, 3.8) is 0 Å². The number of aromatic nitrogens is 2. The second-order valence-corrected chi connectivity index (χ2v) is 6.41. The molecule has 1 atom stereocenters. The molecule has 2 rings (SSSR count). The van der Waals surface area contributed by atoms with Crippen molar-refractivity contribution >= 4 is 11.6 Å². The first-order valence-electron chi connectivity index (χ1n) is 7.17. The quantitative estimate of drug-likeness (QED) is 0.829. The monoisotopic (exact) mass is 277 g/mol. The maximum atomic E-state index is 12.6. The highest BCUT2D eigenvalue weighted by Crippen LogP contribution is 2.22. The number of carbonyl (C=O) groups is 1. The summed E-state index contributed by atoms with van der Waals surface area (Å²) in [5.41, 5.74) is -0.413. The van der Waals surface area contributed by atoms with Gasteiger partial charge in [0.05, 0.1) is 6.04 Å². The van der Waals surface area contributed by atoms with Crippen molar-refractivity contribution < 1.29 is 4.79 Å². The van der Waals surface area contributed by atoms with E-state index < -0.39 is 0 Å². The summed E-state index contributed by atoms with van der Waals surface area (Å²) < 4.78 is 1.68. The van der Waals surface area contributed by atoms with Crippen LogP contribution in [0.4, 0.5) is 5.82 Å². The Hall–Kier alpha value is -1.65. The Labute approximate surface area is 119 Å². The maximum Gasteiger partial charge on any atom is 0.294 e. The SMILES string of the molecule is CC(=O)C1CCCCN1c1nccn(C(C)(C)C)c1=O. The molecule has 0 amide bonds. The first-order chi connectivity index (χ1) is 9.32. The zero-order valence-corrected chi connectivity index (χ0v) is 12.7. The average Bonchev–Trinajstić information content (AvgIpc) is 2.37. The highest BCUT2D eigenvalue weighted by Gasteiger charge is 2.30. The van der Waals surface area contributed by atoms with Gasteiger partial charge in [-0.15, -0.1) is 0 Å². The smallest absolute Gasteiger partial charge is 0.294 e. The molecule has 0 bridgehead atoms. The van der Waals surface area contributed by atoms with Gasteiger partial charge in [0.15, 0.2) is 11.6 Å². The van der Waals surface area contributed by atoms with Crippen molar-refractivity contribution in [2.75, 3.05) is 11.4 Å². The van der Waals surface area contributed by atoms with E-state index in [1.165, 1.54) is 0 Å². The fourth-order valence-corrected chi connectivity index (χ4v) is 2.73. The molecule has 0 aromatic carbocycles. The molecule has 0 radical (unpaired) electrons. The lowest BCUT2D eigenvalue weighted by atomic mass is 9.99. The number of piperidine rings is 1. The Balaban J connectivity index is 2.47. The first-order valence-corrected chi connectivity index (χ1v) is 7.17. The molecular formula is C15H23N3O2. The summed E-state index contributed by atoms with van der Waals surface area (Å²) >= 11 is 0. The largest absolute Gasteiger partial charge is 0.342 e. The highest BCUT2D eigenvalue weighted by atomic mass is 16.1. The molecule has 1 unspecified atom stereocenters. The molecule has 1 aromatic rings. The number of nitrogens with zero attached hydrogens (tertiary/aromatic N) is 3. The fourth-order valence-electron chi connectivity index (χ4n) is 2.73. The third-order valence-corrected chi connectivity index (χ3v) is 3.79. The van der Waals surface area contributed by atoms with E-state index in [-0.39, 0.29) is 22.9 Å². The Morgan fingerprint density at radius 3 is 2.65 bits per heavy atom. The molecule has 1 saturated heterocycles. The molecule has 1 fully saturated rings. The van der Waals surface area contributed by atoms with Gasteiger partial charge in [0.25, 0.3) is 5.56 Å². The lowest BCUT2D eigenvalue weighted by Gasteiger charge is -2.35. The topological polar surface area (TPSA) is 55.2 Å². The van der Waals surface area contributed by atoms with Crippen molar-refractivity contribution in [2.45, 2.75) is 58.5 Å². The van der Waals surface area contributed by atoms with Crippen LogP contribution < -0.4 is 10.5 Å². The van der Waals surface area contributed by atoms with Crippen molar-refractivity contribution in [1.82, 2.24) is 9.55 Å². The molecule has 0 N–H and O–H groups in total. The third-order valence-electron chi connectivity index (χ3n) is 3.79. The van der Waals surface area contributed by atoms with Gasteiger partial charge in [-0.3, -0.25) is 9.59 Å². The van der Waals surface area contributed by atoms with Crippen LogP contribution in [0.5, 0.6) is 0 Å². The van der Waals surface area contributed by atoms with Gasteiger partial charge in [0.2, 0.25) is 0 Å². The second kappa shape index (κ2) is 5.38. The minimum absolute atomic E-state index is 0.108. The summed E-state index contributed by atoms with van der Waals surface area (Å²) in [6.07, 6.45) is 6.18. The summed E-state index contributed by atoms with van der Waals surface area (Å²) in [7, 11) is 0. The van der Waals surface area contributed by atoms with Crippen LogP contribution in [0.2, 0.25) is 0 Å². The molecular weight excluding hydrogens is 254 g/mol. The van der Waals surface area contributed by atoms with Crippen LogP contribution >= 0.6 is 0 Å². The summed E-state index contributed by atoms with van der Waals surface area (Å²) in [5, 5.41) is 0. The van der Waals surface area contributed by atoms with Crippen LogP contribution in [0.3, 0.4) is 0 Å². The summed E-state index contributed by atoms with van der Waals surface area (Å²) in [6, 6.07) is -0.209. The highest BCUT2D eigenvalue weighted by molar-refractivity contribution is 5.84. The van der Waals surface area contributed by atoms with Gasteiger partial charge in [0, 0.05) is 24.5 Å². The number of hydrogen-bond donors (Lipinski definition) is 0. The standard InChI is InChI=1S/C15H23N3O2/c1-11(19)12-7-5-6-9-17(12)13-14(20)18(10-8-16-13)15(2,3)4/h8,10,12H,5-7,9H2,1-4H3. The Morgan fingerprint density at radius 1 is 1.35 bits per heavy atom. The van der Waals surface area contributed by atoms with Crippen LogP contribution in [0, 0.1) is 0 Å². The number of anilines is 1. The minimum Gasteiger partial charge on any atom is -0.342 e. The van der Waals surface area contributed by atoms with Gasteiger partial charge >= 0.3 is 0 Å². The van der Waals surface area contributed by atoms with Crippen molar-refractivity contribution in [3.8, 4) is 0 Å². The second-order valence-electron chi connectivity index (χ2n) is 6.41. The van der Waals surface area contributed by atoms with Crippen LogP contribution in [0.15, 0.2) is 17.2 Å². The van der Waals surface area contributed by atoms with Gasteiger partial charge in [-0.2, -0.15) is 0 Å². The van der Waals surface area contributed by atoms with Crippen LogP contribution in [0.25, 0.3) is 0 Å². The summed E-state index contributed by atoms with van der Waals surface area (Å²) in [5.74, 6) is 0.513. The van der Waals surface area contributed by atoms with Gasteiger partial charge < -0.3 is 9.47 Å². The van der Waals surface area contributed by atoms with E-state index >= 15 is 0 Å². The molecule has 1 aliphatic rings. The van der Waals surface area contributed by atoms with Crippen LogP contribution in [-0.4, -0.2) is 27.9 Å². The molecule has 1 aromatic heterocycles. The van der Waals surface area contributed by atoms with Crippen molar-refractivity contribution in [3.05, 3.63) is 22.7 Å². The van der Waals surface area contributed by atoms with Crippen molar-refractivity contribution in [1.29, 1.82) is 0 Å². The molecule has 5 heteroatoms. The number of hydrogen-bond acceptors (Lipinski definition) is 4. The predicted molar refractivity (Wildman–Crippen MR) is 79.2 cm³/mol. The van der Waals surface area contributed by atoms with E-state index in [0.717, 1.165) is 25.8 Å². The Morgan fingerprint density at radius 2 is 2.05 bits per heavy atom. The number of Topliss-reactive ketones (excluding diaryl/α,β-unsaturated/α-hetero) is 1. The number of carbonyl (C=O) groups excluding carboxylic acids is 1. The molecule has 110 valence electrons. The van der Waals surface area contributed by atoms with Crippen molar-refractivity contribution in [2.24, 2.45) is 0 Å². The Bertz CT molecular complexity index is 557. The molecule has 2 heterocycles. The summed E-state index contributed by atoms with van der Waals surface area (Å²) in [4.78, 5) is 30.6. The number of ketones is 1. The molecule has 5 nitrogen and oxygen atoms in total. The van der Waals surface area contributed by atoms with E-state index in [9.17, 15) is 9.59 Å². The Kier molecular flexibility index (Phi) is 3.97. The molecule has 0 spiro atoms. The lowest BCUT2D eigenvalue weighted by molar-refractivity contribution is -0.118. The maximum absolute atomic E-state index is 12.6. The molecule has 1 aliphatic heterocycles. The minimum atomic E-state index is -0.295. The van der Waals surface area contributed by atoms with Gasteiger partial charge in [0.1, 0.15) is 0 Å². The third kappa shape index (κ3) is 2.76. The molecule has 20 heavy (non-hydrogen) atoms. The lowest BCUT2D eigenvalue weighted by Crippen LogP contribution is -2.48. The van der Waals surface area contributed by atoms with Crippen LogP contribution in [-0.2, 0) is 10.3 Å². The molecule has 0 saturated carbocycles. The van der Waals surface area contributed by atoms with Gasteiger partial charge in [-0.1, -0.05) is 0 Å². The van der Waals surface area contributed by atoms with E-state index in [2.05, 4.69) is 4.98 Å². The van der Waals surface area contributed by atoms with Gasteiger partial charge in [-0.25, -0.2) is 4.98 Å². The van der Waals surface area contributed by atoms with Gasteiger partial charge in [-0.05, 0) is 47.0 Å². The zero-order valence-electron chi connectivity index (χ0n) is 12.7. The van der Waals surface area contributed by atoms with E-state index in [1.54, 1.807) is 23.9 Å². The average molecular weight is 277 g/mol. The van der Waals surface area contributed by atoms with E-state index in [4.69, 9.17) is 0 Å². The van der Waals surface area contributed by atoms with E-state index in [0.29, 0.717) is 5.82 Å².